The largest absolute Gasteiger partial charge is 0.452 e. The molecule has 0 spiro atoms. The highest BCUT2D eigenvalue weighted by atomic mass is 32.2. The predicted molar refractivity (Wildman–Crippen MR) is 111 cm³/mol. The molecule has 1 N–H and O–H groups in total. The smallest absolute Gasteiger partial charge is 0.331 e. The van der Waals surface area contributed by atoms with Gasteiger partial charge in [0, 0.05) is 11.0 Å². The van der Waals surface area contributed by atoms with E-state index < -0.39 is 24.5 Å². The summed E-state index contributed by atoms with van der Waals surface area (Å²) >= 11 is 1.64. The fourth-order valence-electron chi connectivity index (χ4n) is 2.45. The highest BCUT2D eigenvalue weighted by Gasteiger charge is 2.18. The molecule has 1 atom stereocenters. The second-order valence-corrected chi connectivity index (χ2v) is 7.01. The number of carbonyl (C=O) groups excluding carboxylic acids is 3. The molecule has 5 nitrogen and oxygen atoms in total. The van der Waals surface area contributed by atoms with Gasteiger partial charge in [-0.2, -0.15) is 0 Å². The van der Waals surface area contributed by atoms with Gasteiger partial charge in [-0.25, -0.2) is 4.79 Å². The van der Waals surface area contributed by atoms with Crippen molar-refractivity contribution in [2.45, 2.75) is 24.3 Å². The van der Waals surface area contributed by atoms with Gasteiger partial charge in [0.05, 0.1) is 6.04 Å². The molecule has 0 aliphatic carbocycles. The zero-order chi connectivity index (χ0) is 20.4. The van der Waals surface area contributed by atoms with Crippen LogP contribution in [0.4, 0.5) is 0 Å². The number of hydrogen-bond donors (Lipinski definition) is 1. The first-order valence-corrected chi connectivity index (χ1v) is 10.0. The molecule has 6 heteroatoms. The molecule has 0 aliphatic rings. The maximum absolute atomic E-state index is 12.0. The fraction of sp³-hybridized carbons (Fsp3) is 0.227. The van der Waals surface area contributed by atoms with Gasteiger partial charge in [0.2, 0.25) is 0 Å². The fourth-order valence-corrected chi connectivity index (χ4v) is 2.85. The molecule has 0 bridgehead atoms. The van der Waals surface area contributed by atoms with Crippen LogP contribution in [0.5, 0.6) is 0 Å². The van der Waals surface area contributed by atoms with Crippen LogP contribution in [0.1, 0.15) is 18.1 Å². The molecule has 0 aromatic heterocycles. The monoisotopic (exact) mass is 397 g/mol. The average Bonchev–Trinajstić information content (AvgIpc) is 2.71. The van der Waals surface area contributed by atoms with Crippen LogP contribution >= 0.6 is 11.8 Å². The summed E-state index contributed by atoms with van der Waals surface area (Å²) in [5.41, 5.74) is 1.80. The van der Waals surface area contributed by atoms with Crippen LogP contribution in [0.2, 0.25) is 0 Å². The number of benzene rings is 2. The van der Waals surface area contributed by atoms with Crippen LogP contribution in [0.25, 0.3) is 6.08 Å². The lowest BCUT2D eigenvalue weighted by molar-refractivity contribution is -0.144. The van der Waals surface area contributed by atoms with Crippen LogP contribution < -0.4 is 5.32 Å². The number of carbonyl (C=O) groups is 3. The van der Waals surface area contributed by atoms with Crippen molar-refractivity contribution >= 4 is 35.5 Å². The van der Waals surface area contributed by atoms with Crippen LogP contribution in [-0.2, 0) is 25.5 Å². The van der Waals surface area contributed by atoms with E-state index in [9.17, 15) is 14.4 Å². The molecular weight excluding hydrogens is 374 g/mol. The summed E-state index contributed by atoms with van der Waals surface area (Å²) in [5.74, 6) is -1.29. The van der Waals surface area contributed by atoms with E-state index >= 15 is 0 Å². The van der Waals surface area contributed by atoms with Crippen molar-refractivity contribution in [3.8, 4) is 0 Å². The zero-order valence-corrected chi connectivity index (χ0v) is 16.7. The number of esters is 1. The second kappa shape index (κ2) is 11.1. The summed E-state index contributed by atoms with van der Waals surface area (Å²) in [4.78, 5) is 36.7. The van der Waals surface area contributed by atoms with E-state index in [0.717, 1.165) is 16.0 Å². The van der Waals surface area contributed by atoms with Gasteiger partial charge in [-0.3, -0.25) is 9.59 Å². The average molecular weight is 397 g/mol. The molecule has 0 saturated heterocycles. The molecule has 1 amide bonds. The van der Waals surface area contributed by atoms with Crippen molar-refractivity contribution in [1.82, 2.24) is 5.32 Å². The van der Waals surface area contributed by atoms with E-state index in [-0.39, 0.29) is 5.78 Å². The van der Waals surface area contributed by atoms with Gasteiger partial charge < -0.3 is 10.1 Å². The molecule has 28 heavy (non-hydrogen) atoms. The highest BCUT2D eigenvalue weighted by Crippen LogP contribution is 2.15. The van der Waals surface area contributed by atoms with Gasteiger partial charge in [-0.15, -0.1) is 11.8 Å². The lowest BCUT2D eigenvalue weighted by Gasteiger charge is -2.16. The van der Waals surface area contributed by atoms with Crippen molar-refractivity contribution in [2.75, 3.05) is 12.9 Å². The first-order chi connectivity index (χ1) is 13.5. The predicted octanol–water partition coefficient (Wildman–Crippen LogP) is 3.28. The number of hydrogen-bond acceptors (Lipinski definition) is 5. The molecule has 2 aromatic carbocycles. The second-order valence-electron chi connectivity index (χ2n) is 6.13. The molecule has 0 fully saturated rings. The first-order valence-electron chi connectivity index (χ1n) is 8.80. The van der Waals surface area contributed by atoms with Crippen molar-refractivity contribution in [2.24, 2.45) is 0 Å². The molecule has 146 valence electrons. The molecule has 0 saturated carbocycles. The van der Waals surface area contributed by atoms with Gasteiger partial charge >= 0.3 is 5.97 Å². The van der Waals surface area contributed by atoms with Crippen molar-refractivity contribution in [3.05, 3.63) is 71.8 Å². The molecule has 0 radical (unpaired) electrons. The number of Topliss-reactive ketones (excluding diaryl/α,β-unsaturated/α-hetero) is 1. The van der Waals surface area contributed by atoms with Gasteiger partial charge in [0.1, 0.15) is 0 Å². The lowest BCUT2D eigenvalue weighted by atomic mass is 10.0. The van der Waals surface area contributed by atoms with Crippen LogP contribution in [0, 0.1) is 0 Å². The minimum absolute atomic E-state index is 0.155. The van der Waals surface area contributed by atoms with E-state index in [1.54, 1.807) is 17.8 Å². The third kappa shape index (κ3) is 7.40. The molecule has 0 aliphatic heterocycles. The van der Waals surface area contributed by atoms with Crippen LogP contribution in [-0.4, -0.2) is 36.6 Å². The molecule has 0 heterocycles. The van der Waals surface area contributed by atoms with Crippen LogP contribution in [0.3, 0.4) is 0 Å². The Morgan fingerprint density at radius 1 is 1.07 bits per heavy atom. The van der Waals surface area contributed by atoms with Gasteiger partial charge in [0.25, 0.3) is 5.91 Å². The Morgan fingerprint density at radius 2 is 1.75 bits per heavy atom. The summed E-state index contributed by atoms with van der Waals surface area (Å²) in [7, 11) is 0. The summed E-state index contributed by atoms with van der Waals surface area (Å²) in [5, 5.41) is 2.61. The van der Waals surface area contributed by atoms with E-state index in [0.29, 0.717) is 6.42 Å². The summed E-state index contributed by atoms with van der Waals surface area (Å²) < 4.78 is 4.95. The Bertz CT molecular complexity index is 831. The Morgan fingerprint density at radius 3 is 2.36 bits per heavy atom. The lowest BCUT2D eigenvalue weighted by Crippen LogP contribution is -2.43. The van der Waals surface area contributed by atoms with E-state index in [1.807, 2.05) is 60.9 Å². The van der Waals surface area contributed by atoms with Gasteiger partial charge in [-0.1, -0.05) is 42.5 Å². The topological polar surface area (TPSA) is 72.5 Å². The number of thioether (sulfide) groups is 1. The number of ketones is 1. The van der Waals surface area contributed by atoms with E-state index in [4.69, 9.17) is 4.74 Å². The maximum Gasteiger partial charge on any atom is 0.331 e. The Kier molecular flexibility index (Phi) is 8.49. The SMILES string of the molecule is CSc1ccc(/C=C/C(=O)OCC(=O)NC(Cc2ccccc2)C(C)=O)cc1. The normalized spacial score (nSPS) is 11.8. The molecule has 2 rings (SSSR count). The zero-order valence-electron chi connectivity index (χ0n) is 15.9. The number of nitrogens with one attached hydrogen (secondary N) is 1. The van der Waals surface area contributed by atoms with Crippen molar-refractivity contribution < 1.29 is 19.1 Å². The first kappa shape index (κ1) is 21.4. The molecule has 1 unspecified atom stereocenters. The maximum atomic E-state index is 12.0. The standard InChI is InChI=1S/C22H23NO4S/c1-16(24)20(14-18-6-4-3-5-7-18)23-21(25)15-27-22(26)13-10-17-8-11-19(28-2)12-9-17/h3-13,20H,14-15H2,1-2H3,(H,23,25)/b13-10+. The number of amides is 1. The van der Waals surface area contributed by atoms with E-state index in [1.165, 1.54) is 13.0 Å². The third-order valence-electron chi connectivity index (χ3n) is 3.98. The minimum atomic E-state index is -0.654. The van der Waals surface area contributed by atoms with Gasteiger partial charge in [0.15, 0.2) is 12.4 Å². The Labute approximate surface area is 169 Å². The quantitative estimate of drug-likeness (QED) is 0.399. The summed E-state index contributed by atoms with van der Waals surface area (Å²) in [6.45, 7) is 0.984. The highest BCUT2D eigenvalue weighted by molar-refractivity contribution is 7.98. The van der Waals surface area contributed by atoms with Crippen molar-refractivity contribution in [1.29, 1.82) is 0 Å². The van der Waals surface area contributed by atoms with Gasteiger partial charge in [-0.05, 0) is 48.9 Å². The summed E-state index contributed by atoms with van der Waals surface area (Å²) in [6, 6.07) is 16.4. The Balaban J connectivity index is 1.81. The third-order valence-corrected chi connectivity index (χ3v) is 4.73. The Hall–Kier alpha value is -2.86. The van der Waals surface area contributed by atoms with E-state index in [2.05, 4.69) is 5.32 Å². The number of ether oxygens (including phenoxy) is 1. The summed E-state index contributed by atoms with van der Waals surface area (Å²) in [6.07, 6.45) is 5.28. The van der Waals surface area contributed by atoms with Crippen molar-refractivity contribution in [3.63, 3.8) is 0 Å². The van der Waals surface area contributed by atoms with Crippen LogP contribution in [0.15, 0.2) is 65.6 Å². The number of rotatable bonds is 9. The molecule has 2 aromatic rings. The molecular formula is C22H23NO4S. The minimum Gasteiger partial charge on any atom is -0.452 e.